The van der Waals surface area contributed by atoms with Crippen molar-refractivity contribution in [1.82, 2.24) is 15.5 Å². The van der Waals surface area contributed by atoms with E-state index >= 15 is 0 Å². The number of carbonyl (C=O) groups is 1. The molecule has 4 nitrogen and oxygen atoms in total. The van der Waals surface area contributed by atoms with E-state index in [1.807, 2.05) is 7.05 Å². The standard InChI is InChI=1S/C16H31N3O.ClH/c1-17-10-6-14-7-11-19(12-8-14)13-9-16(20)18-15-4-2-3-5-15;/h14-15,17H,2-13H2,1H3,(H,18,20);1H. The van der Waals surface area contributed by atoms with E-state index in [-0.39, 0.29) is 18.3 Å². The Labute approximate surface area is 135 Å². The SMILES string of the molecule is CNCCC1CCN(CCC(=O)NC2CCCC2)CC1.Cl. The summed E-state index contributed by atoms with van der Waals surface area (Å²) in [6.07, 6.45) is 9.50. The molecule has 1 aliphatic heterocycles. The van der Waals surface area contributed by atoms with E-state index in [4.69, 9.17) is 0 Å². The van der Waals surface area contributed by atoms with E-state index in [9.17, 15) is 4.79 Å². The molecule has 1 saturated carbocycles. The Kier molecular flexibility index (Phi) is 9.29. The van der Waals surface area contributed by atoms with Crippen LogP contribution in [0.5, 0.6) is 0 Å². The third kappa shape index (κ3) is 6.98. The van der Waals surface area contributed by atoms with Gasteiger partial charge in [-0.15, -0.1) is 12.4 Å². The summed E-state index contributed by atoms with van der Waals surface area (Å²) in [6.45, 7) is 4.42. The van der Waals surface area contributed by atoms with Crippen LogP contribution in [0.2, 0.25) is 0 Å². The van der Waals surface area contributed by atoms with E-state index in [0.717, 1.165) is 19.0 Å². The van der Waals surface area contributed by atoms with Crippen LogP contribution in [-0.4, -0.2) is 50.1 Å². The molecule has 0 aromatic carbocycles. The first-order valence-electron chi connectivity index (χ1n) is 8.44. The van der Waals surface area contributed by atoms with Crippen LogP contribution in [0.1, 0.15) is 51.4 Å². The lowest BCUT2D eigenvalue weighted by molar-refractivity contribution is -0.122. The first-order valence-corrected chi connectivity index (χ1v) is 8.44. The second-order valence-corrected chi connectivity index (χ2v) is 6.48. The van der Waals surface area contributed by atoms with Gasteiger partial charge in [0, 0.05) is 19.0 Å². The van der Waals surface area contributed by atoms with Crippen molar-refractivity contribution >= 4 is 18.3 Å². The van der Waals surface area contributed by atoms with E-state index in [1.165, 1.54) is 58.0 Å². The van der Waals surface area contributed by atoms with Crippen LogP contribution in [0.3, 0.4) is 0 Å². The summed E-state index contributed by atoms with van der Waals surface area (Å²) in [5, 5.41) is 6.42. The highest BCUT2D eigenvalue weighted by atomic mass is 35.5. The van der Waals surface area contributed by atoms with E-state index in [1.54, 1.807) is 0 Å². The molecule has 2 N–H and O–H groups in total. The van der Waals surface area contributed by atoms with Crippen molar-refractivity contribution < 1.29 is 4.79 Å². The molecular weight excluding hydrogens is 286 g/mol. The lowest BCUT2D eigenvalue weighted by atomic mass is 9.93. The molecule has 0 aromatic rings. The van der Waals surface area contributed by atoms with Crippen molar-refractivity contribution in [1.29, 1.82) is 0 Å². The van der Waals surface area contributed by atoms with E-state index in [2.05, 4.69) is 15.5 Å². The van der Waals surface area contributed by atoms with Crippen molar-refractivity contribution in [3.05, 3.63) is 0 Å². The molecule has 1 saturated heterocycles. The molecule has 21 heavy (non-hydrogen) atoms. The molecule has 0 aromatic heterocycles. The Morgan fingerprint density at radius 3 is 2.43 bits per heavy atom. The number of carbonyl (C=O) groups excluding carboxylic acids is 1. The number of likely N-dealkylation sites (tertiary alicyclic amines) is 1. The molecular formula is C16H32ClN3O. The van der Waals surface area contributed by atoms with Gasteiger partial charge in [-0.05, 0) is 64.7 Å². The van der Waals surface area contributed by atoms with Crippen LogP contribution < -0.4 is 10.6 Å². The largest absolute Gasteiger partial charge is 0.353 e. The predicted molar refractivity (Wildman–Crippen MR) is 90.0 cm³/mol. The minimum absolute atomic E-state index is 0. The lowest BCUT2D eigenvalue weighted by Crippen LogP contribution is -2.39. The van der Waals surface area contributed by atoms with Crippen LogP contribution in [0.15, 0.2) is 0 Å². The number of rotatable bonds is 7. The van der Waals surface area contributed by atoms with Gasteiger partial charge >= 0.3 is 0 Å². The van der Waals surface area contributed by atoms with Crippen molar-refractivity contribution in [2.24, 2.45) is 5.92 Å². The highest BCUT2D eigenvalue weighted by Crippen LogP contribution is 2.20. The summed E-state index contributed by atoms with van der Waals surface area (Å²) in [5.41, 5.74) is 0. The third-order valence-corrected chi connectivity index (χ3v) is 4.89. The quantitative estimate of drug-likeness (QED) is 0.756. The molecule has 0 radical (unpaired) electrons. The number of nitrogens with one attached hydrogen (secondary N) is 2. The normalized spacial score (nSPS) is 21.2. The van der Waals surface area contributed by atoms with Crippen molar-refractivity contribution in [3.8, 4) is 0 Å². The summed E-state index contributed by atoms with van der Waals surface area (Å²) < 4.78 is 0. The topological polar surface area (TPSA) is 44.4 Å². The highest BCUT2D eigenvalue weighted by molar-refractivity contribution is 5.85. The number of piperidine rings is 1. The Morgan fingerprint density at radius 1 is 1.14 bits per heavy atom. The zero-order valence-corrected chi connectivity index (χ0v) is 14.2. The van der Waals surface area contributed by atoms with Gasteiger partial charge in [0.2, 0.25) is 5.91 Å². The first-order chi connectivity index (χ1) is 9.78. The Balaban J connectivity index is 0.00000220. The molecule has 124 valence electrons. The van der Waals surface area contributed by atoms with Crippen LogP contribution in [0, 0.1) is 5.92 Å². The maximum absolute atomic E-state index is 11.9. The summed E-state index contributed by atoms with van der Waals surface area (Å²) in [6, 6.07) is 0.467. The Morgan fingerprint density at radius 2 is 1.81 bits per heavy atom. The predicted octanol–water partition coefficient (Wildman–Crippen LogP) is 2.18. The fourth-order valence-electron chi connectivity index (χ4n) is 3.48. The highest BCUT2D eigenvalue weighted by Gasteiger charge is 2.20. The smallest absolute Gasteiger partial charge is 0.221 e. The molecule has 0 atom stereocenters. The van der Waals surface area contributed by atoms with E-state index in [0.29, 0.717) is 12.5 Å². The number of hydrogen-bond acceptors (Lipinski definition) is 3. The number of hydrogen-bond donors (Lipinski definition) is 2. The molecule has 1 heterocycles. The van der Waals surface area contributed by atoms with Gasteiger partial charge in [-0.25, -0.2) is 0 Å². The summed E-state index contributed by atoms with van der Waals surface area (Å²) in [5.74, 6) is 1.14. The van der Waals surface area contributed by atoms with Gasteiger partial charge in [-0.1, -0.05) is 12.8 Å². The van der Waals surface area contributed by atoms with Gasteiger partial charge in [-0.2, -0.15) is 0 Å². The van der Waals surface area contributed by atoms with Gasteiger partial charge in [-0.3, -0.25) is 4.79 Å². The van der Waals surface area contributed by atoms with Crippen molar-refractivity contribution in [2.75, 3.05) is 33.2 Å². The molecule has 1 aliphatic carbocycles. The zero-order valence-electron chi connectivity index (χ0n) is 13.4. The molecule has 1 amide bonds. The molecule has 0 unspecified atom stereocenters. The second-order valence-electron chi connectivity index (χ2n) is 6.48. The maximum Gasteiger partial charge on any atom is 0.221 e. The molecule has 2 fully saturated rings. The minimum atomic E-state index is 0. The number of nitrogens with zero attached hydrogens (tertiary/aromatic N) is 1. The van der Waals surface area contributed by atoms with Gasteiger partial charge < -0.3 is 15.5 Å². The average molecular weight is 318 g/mol. The van der Waals surface area contributed by atoms with Gasteiger partial charge in [0.25, 0.3) is 0 Å². The van der Waals surface area contributed by atoms with Crippen LogP contribution in [0.25, 0.3) is 0 Å². The molecule has 2 rings (SSSR count). The van der Waals surface area contributed by atoms with Crippen molar-refractivity contribution in [2.45, 2.75) is 57.4 Å². The summed E-state index contributed by atoms with van der Waals surface area (Å²) in [4.78, 5) is 14.4. The molecule has 0 spiro atoms. The van der Waals surface area contributed by atoms with Crippen molar-refractivity contribution in [3.63, 3.8) is 0 Å². The minimum Gasteiger partial charge on any atom is -0.353 e. The zero-order chi connectivity index (χ0) is 14.2. The lowest BCUT2D eigenvalue weighted by Gasteiger charge is -2.31. The molecule has 5 heteroatoms. The number of halogens is 1. The van der Waals surface area contributed by atoms with Crippen LogP contribution >= 0.6 is 12.4 Å². The van der Waals surface area contributed by atoms with E-state index < -0.39 is 0 Å². The van der Waals surface area contributed by atoms with Gasteiger partial charge in [0.1, 0.15) is 0 Å². The average Bonchev–Trinajstić information content (AvgIpc) is 2.97. The second kappa shape index (κ2) is 10.4. The summed E-state index contributed by atoms with van der Waals surface area (Å²) in [7, 11) is 2.03. The maximum atomic E-state index is 11.9. The molecule has 2 aliphatic rings. The van der Waals surface area contributed by atoms with Gasteiger partial charge in [0.15, 0.2) is 0 Å². The number of amides is 1. The fourth-order valence-corrected chi connectivity index (χ4v) is 3.48. The monoisotopic (exact) mass is 317 g/mol. The Hall–Kier alpha value is -0.320. The first kappa shape index (κ1) is 18.7. The van der Waals surface area contributed by atoms with Crippen LogP contribution in [-0.2, 0) is 4.79 Å². The fraction of sp³-hybridized carbons (Fsp3) is 0.938. The Bertz CT molecular complexity index is 287. The summed E-state index contributed by atoms with van der Waals surface area (Å²) >= 11 is 0. The van der Waals surface area contributed by atoms with Gasteiger partial charge in [0.05, 0.1) is 0 Å². The molecule has 0 bridgehead atoms. The third-order valence-electron chi connectivity index (χ3n) is 4.89. The van der Waals surface area contributed by atoms with Crippen LogP contribution in [0.4, 0.5) is 0 Å².